The maximum absolute atomic E-state index is 11.1. The molecule has 30 nitrogen and oxygen atoms in total. The number of rotatable bonds is 10. The van der Waals surface area contributed by atoms with E-state index >= 15 is 0 Å². The van der Waals surface area contributed by atoms with Gasteiger partial charge in [0, 0.05) is 96.6 Å². The summed E-state index contributed by atoms with van der Waals surface area (Å²) < 4.78 is 76.5. The molecule has 0 atom stereocenters. The molecule has 0 saturated heterocycles. The maximum Gasteiger partial charge on any atom is 1.00 e. The minimum absolute atomic E-state index is 0. The fourth-order valence-electron chi connectivity index (χ4n) is 6.95. The van der Waals surface area contributed by atoms with E-state index < -0.39 is 30.9 Å². The van der Waals surface area contributed by atoms with Gasteiger partial charge in [0.15, 0.2) is 29.4 Å². The number of aliphatic hydroxyl groups excluding tert-OH is 1. The Kier molecular flexibility index (Phi) is 66.1. The van der Waals surface area contributed by atoms with E-state index in [1.807, 2.05) is 60.7 Å². The second-order valence-electron chi connectivity index (χ2n) is 19.2. The van der Waals surface area contributed by atoms with Crippen LogP contribution in [-0.2, 0) is 75.2 Å². The zero-order valence-electron chi connectivity index (χ0n) is 56.2. The van der Waals surface area contributed by atoms with Crippen molar-refractivity contribution in [2.24, 2.45) is 16.2 Å². The van der Waals surface area contributed by atoms with Gasteiger partial charge in [-0.05, 0) is 156 Å². The van der Waals surface area contributed by atoms with Gasteiger partial charge < -0.3 is 67.3 Å². The first-order valence-electron chi connectivity index (χ1n) is 27.8. The number of ketones is 6. The third-order valence-electron chi connectivity index (χ3n) is 11.1. The molecule has 2 aliphatic carbocycles. The molecule has 8 aromatic rings. The number of nitrogen functional groups attached to an aromatic ring is 4. The van der Waals surface area contributed by atoms with E-state index in [0.29, 0.717) is 72.7 Å². The molecule has 8 aromatic carbocycles. The SMILES string of the molecule is C.Cl.NO.Nc1cc(Br)ccc1OC=O.Nc1cc(Cl)ccc1OC=O.Nc1cccc(Br)c1.Nc1cccc(Cl)c1.O=C(/C=N/O)Cc1cccc(Br)c1.O=C(/C=N/O)Cc1cccc(Cl)c1.O=C1Cc2cc(Br)ccc2C1=O.O=C1Cc2cc(Cl)ccc2C1=O.O=S(=O)(O)O.O=S(=O)([O-])[O-].OC(O)C(Cl)(Cl)Cl.[Na+].[Na+]. The Labute approximate surface area is 755 Å². The van der Waals surface area contributed by atoms with Crippen LogP contribution in [0.2, 0.25) is 20.1 Å². The van der Waals surface area contributed by atoms with E-state index in [-0.39, 0.29) is 139 Å². The number of alkyl halides is 3. The molecule has 594 valence electrons. The number of nitrogens with two attached hydrogens (primary N) is 5. The molecule has 46 heteroatoms. The third-order valence-corrected chi connectivity index (χ3v) is 14.6. The largest absolute Gasteiger partial charge is 1.00 e. The number of hydrogen-bond acceptors (Lipinski definition) is 28. The molecule has 0 amide bonds. The van der Waals surface area contributed by atoms with Crippen molar-refractivity contribution in [1.82, 2.24) is 0 Å². The standard InChI is InChI=1S/C9H8BrNO2.C9H5BrO2.C9H8ClNO2.C9H5ClO2.C7H6BrNO2.C7H6ClNO2.C6H6BrN.C6H6ClN.C2H3Cl3O2.CH4.ClH.H3NO.2Na.2H2O4S/c10-8-3-1-2-7(4-8)5-9(12)6-11-13;10-6-1-2-7-5(3-6)4-8(11)9(7)12;10-8-3-1-2-7(4-8)5-9(12)6-11-13;10-6-1-2-7-5(3-6)4-8(11)9(7)12;2*8-5-1-2-7(11-4-10)6(9)3-5;2*7-5-2-1-3-6(8)4-5;3-2(4,5)1(6)7;;;1-2;;;2*1-5(2,3)4/h1-4,6,13H,5H2;1-3H,4H2;1-4,6,13H,5H2;1-3H,4H2;2*1-4H,9H2;2*1-4H,8H2;1,6-7H;1H4;1H;2H,1H2;;;2*(H2,1,2,3,4)/q;;;;;;;;;;;;2*+1;;/p-2/b11-6+;;11-6+;;;;;;;;;;;;;. The summed E-state index contributed by atoms with van der Waals surface area (Å²) in [5.74, 6) is 2.34. The Balaban J connectivity index is -0.000000274. The molecule has 0 heterocycles. The molecular formula is C65H63Br4Cl8N7Na2O23S2. The summed E-state index contributed by atoms with van der Waals surface area (Å²) in [5, 5.41) is 46.5. The molecular weight excluding hydrogens is 1960 g/mol. The van der Waals surface area contributed by atoms with Crippen LogP contribution in [0.5, 0.6) is 11.5 Å². The van der Waals surface area contributed by atoms with Crippen molar-refractivity contribution in [1.29, 1.82) is 0 Å². The number of nitrogens with zero attached hydrogens (tertiary/aromatic N) is 2. The molecule has 0 bridgehead atoms. The summed E-state index contributed by atoms with van der Waals surface area (Å²) in [7, 11) is -9.83. The predicted octanol–water partition coefficient (Wildman–Crippen LogP) is 7.39. The molecule has 10 rings (SSSR count). The van der Waals surface area contributed by atoms with Crippen LogP contribution < -0.4 is 97.4 Å². The topological polar surface area (TPSA) is 566 Å². The average molecular weight is 2020 g/mol. The molecule has 0 spiro atoms. The van der Waals surface area contributed by atoms with E-state index in [1.54, 1.807) is 97.1 Å². The zero-order valence-corrected chi connectivity index (χ0v) is 74.3. The van der Waals surface area contributed by atoms with E-state index in [2.05, 4.69) is 89.4 Å². The first kappa shape index (κ1) is 117. The Bertz CT molecular complexity index is 4250. The molecule has 0 saturated carbocycles. The van der Waals surface area contributed by atoms with Crippen LogP contribution in [0, 0.1) is 0 Å². The van der Waals surface area contributed by atoms with Crippen molar-refractivity contribution >= 4 is 261 Å². The number of anilines is 4. The summed E-state index contributed by atoms with van der Waals surface area (Å²) in [6.07, 6.45) is 0.788. The van der Waals surface area contributed by atoms with Gasteiger partial charge in [-0.15, -0.1) is 12.4 Å². The number of Topliss-reactive ketones (excluding diaryl/α,β-unsaturated/α-hetero) is 6. The normalized spacial score (nSPS) is 10.8. The summed E-state index contributed by atoms with van der Waals surface area (Å²) >= 11 is 50.3. The summed E-state index contributed by atoms with van der Waals surface area (Å²) in [6.45, 7) is 0.666. The van der Waals surface area contributed by atoms with Crippen molar-refractivity contribution in [2.75, 3.05) is 22.9 Å². The van der Waals surface area contributed by atoms with Crippen molar-refractivity contribution in [3.8, 4) is 11.5 Å². The fraction of sp³-hybridized carbons (Fsp3) is 0.108. The Hall–Kier alpha value is -5.32. The number of fused-ring (bicyclic) bond motifs is 2. The molecule has 0 unspecified atom stereocenters. The van der Waals surface area contributed by atoms with Crippen LogP contribution in [0.25, 0.3) is 0 Å². The second kappa shape index (κ2) is 63.0. The van der Waals surface area contributed by atoms with Crippen LogP contribution in [0.4, 0.5) is 22.7 Å². The van der Waals surface area contributed by atoms with Crippen LogP contribution in [0.3, 0.4) is 0 Å². The van der Waals surface area contributed by atoms with Crippen LogP contribution in [-0.4, -0.2) is 131 Å². The number of hydrogen-bond donors (Lipinski definition) is 12. The fourth-order valence-corrected chi connectivity index (χ4v) is 9.39. The second-order valence-corrected chi connectivity index (χ2v) is 28.7. The number of ether oxygens (including phenoxy) is 2. The van der Waals surface area contributed by atoms with E-state index in [9.17, 15) is 38.4 Å². The number of benzene rings is 8. The Morgan fingerprint density at radius 1 is 0.514 bits per heavy atom. The van der Waals surface area contributed by atoms with Crippen LogP contribution in [0.1, 0.15) is 50.4 Å². The quantitative estimate of drug-likeness (QED) is 0.00542. The van der Waals surface area contributed by atoms with Crippen LogP contribution >= 0.6 is 157 Å². The minimum atomic E-state index is -5.17. The minimum Gasteiger partial charge on any atom is -0.759 e. The molecule has 2 aliphatic rings. The predicted molar refractivity (Wildman–Crippen MR) is 431 cm³/mol. The smallest absolute Gasteiger partial charge is 0.759 e. The summed E-state index contributed by atoms with van der Waals surface area (Å²) in [4.78, 5) is 86.0. The summed E-state index contributed by atoms with van der Waals surface area (Å²) in [6, 6.07) is 48.9. The zero-order chi connectivity index (χ0) is 82.4. The average Bonchev–Trinajstić information content (AvgIpc) is 1.68. The molecule has 111 heavy (non-hydrogen) atoms. The van der Waals surface area contributed by atoms with Gasteiger partial charge in [-0.1, -0.05) is 199 Å². The van der Waals surface area contributed by atoms with Gasteiger partial charge in [0.25, 0.3) is 12.9 Å². The Morgan fingerprint density at radius 3 is 1.18 bits per heavy atom. The molecule has 0 fully saturated rings. The molecule has 17 N–H and O–H groups in total. The molecule has 0 aromatic heterocycles. The van der Waals surface area contributed by atoms with Gasteiger partial charge in [0.05, 0.1) is 11.4 Å². The number of halogens is 12. The first-order valence-corrected chi connectivity index (χ1v) is 36.3. The van der Waals surface area contributed by atoms with Crippen molar-refractivity contribution < 1.29 is 168 Å². The van der Waals surface area contributed by atoms with Crippen molar-refractivity contribution in [3.63, 3.8) is 0 Å². The first-order chi connectivity index (χ1) is 49.8. The Morgan fingerprint density at radius 2 is 0.829 bits per heavy atom. The monoisotopic (exact) mass is 2010 g/mol. The van der Waals surface area contributed by atoms with Crippen LogP contribution in [0.15, 0.2) is 198 Å². The van der Waals surface area contributed by atoms with Gasteiger partial charge >= 0.3 is 69.5 Å². The van der Waals surface area contributed by atoms with E-state index in [4.69, 9.17) is 165 Å². The van der Waals surface area contributed by atoms with Gasteiger partial charge in [-0.3, -0.25) is 55.9 Å². The number of carbonyl (C=O) groups excluding carboxylic acids is 8. The van der Waals surface area contributed by atoms with E-state index in [0.717, 1.165) is 58.3 Å². The van der Waals surface area contributed by atoms with Gasteiger partial charge in [-0.2, -0.15) is 8.42 Å². The van der Waals surface area contributed by atoms with E-state index in [1.165, 1.54) is 12.1 Å². The number of carbonyl (C=O) groups is 8. The van der Waals surface area contributed by atoms with Crippen molar-refractivity contribution in [3.05, 3.63) is 241 Å². The molecule has 0 aliphatic heterocycles. The summed E-state index contributed by atoms with van der Waals surface area (Å²) in [5.41, 5.74) is 28.4. The third kappa shape index (κ3) is 59.1. The number of oxime groups is 2. The van der Waals surface area contributed by atoms with Gasteiger partial charge in [0.1, 0.15) is 12.4 Å². The van der Waals surface area contributed by atoms with Crippen molar-refractivity contribution in [2.45, 2.75) is 43.2 Å². The van der Waals surface area contributed by atoms with Gasteiger partial charge in [0.2, 0.25) is 26.9 Å². The maximum atomic E-state index is 11.1. The molecule has 0 radical (unpaired) electrons. The van der Waals surface area contributed by atoms with Gasteiger partial charge in [-0.25, -0.2) is 5.90 Å². The number of aliphatic hydroxyl groups is 2.